The zero-order chi connectivity index (χ0) is 24.1. The van der Waals surface area contributed by atoms with Gasteiger partial charge in [0.15, 0.2) is 0 Å². The van der Waals surface area contributed by atoms with Gasteiger partial charge >= 0.3 is 0 Å². The van der Waals surface area contributed by atoms with Crippen molar-refractivity contribution in [2.75, 3.05) is 25.0 Å². The third-order valence-corrected chi connectivity index (χ3v) is 8.06. The summed E-state index contributed by atoms with van der Waals surface area (Å²) in [4.78, 5) is 33.3. The van der Waals surface area contributed by atoms with Gasteiger partial charge in [0.25, 0.3) is 11.5 Å². The Bertz CT molecular complexity index is 1150. The van der Waals surface area contributed by atoms with E-state index in [1.54, 1.807) is 6.07 Å². The van der Waals surface area contributed by atoms with Crippen LogP contribution in [-0.2, 0) is 19.5 Å². The van der Waals surface area contributed by atoms with Crippen LogP contribution in [0.4, 0.5) is 5.69 Å². The normalized spacial score (nSPS) is 25.8. The summed E-state index contributed by atoms with van der Waals surface area (Å²) in [5, 5.41) is 2.93. The molecule has 182 valence electrons. The van der Waals surface area contributed by atoms with E-state index in [0.717, 1.165) is 43.7 Å². The number of hydrogen-bond donors (Lipinski definition) is 2. The third-order valence-electron chi connectivity index (χ3n) is 8.06. The number of nitrogens with zero attached hydrogens (tertiary/aromatic N) is 2. The van der Waals surface area contributed by atoms with Crippen LogP contribution in [0.15, 0.2) is 35.1 Å². The highest BCUT2D eigenvalue weighted by Gasteiger charge is 2.49. The van der Waals surface area contributed by atoms with Crippen LogP contribution in [0, 0.1) is 10.8 Å². The van der Waals surface area contributed by atoms with Crippen molar-refractivity contribution in [1.82, 2.24) is 15.2 Å². The lowest BCUT2D eigenvalue weighted by Crippen LogP contribution is -2.35. The van der Waals surface area contributed by atoms with Gasteiger partial charge in [-0.1, -0.05) is 32.9 Å². The Hall–Kier alpha value is -2.60. The number of likely N-dealkylation sites (tertiary alicyclic amines) is 1. The number of anilines is 1. The number of carbonyl (C=O) groups is 1. The number of hydrogen-bond acceptors (Lipinski definition) is 4. The van der Waals surface area contributed by atoms with Gasteiger partial charge in [-0.3, -0.25) is 14.5 Å². The fourth-order valence-corrected chi connectivity index (χ4v) is 6.99. The van der Waals surface area contributed by atoms with Crippen LogP contribution in [-0.4, -0.2) is 42.0 Å². The van der Waals surface area contributed by atoms with E-state index in [-0.39, 0.29) is 17.0 Å². The molecule has 0 radical (unpaired) electrons. The molecule has 2 bridgehead atoms. The summed E-state index contributed by atoms with van der Waals surface area (Å²) in [5.41, 5.74) is 5.14. The molecule has 1 saturated heterocycles. The maximum Gasteiger partial charge on any atom is 0.261 e. The molecule has 2 aliphatic heterocycles. The van der Waals surface area contributed by atoms with Crippen LogP contribution in [0.3, 0.4) is 0 Å². The van der Waals surface area contributed by atoms with Gasteiger partial charge in [0, 0.05) is 50.6 Å². The zero-order valence-electron chi connectivity index (χ0n) is 21.0. The van der Waals surface area contributed by atoms with E-state index in [0.29, 0.717) is 23.4 Å². The van der Waals surface area contributed by atoms with Crippen LogP contribution in [0.2, 0.25) is 0 Å². The Kier molecular flexibility index (Phi) is 5.83. The van der Waals surface area contributed by atoms with Gasteiger partial charge in [-0.25, -0.2) is 0 Å². The molecule has 1 saturated carbocycles. The van der Waals surface area contributed by atoms with E-state index in [1.165, 1.54) is 30.5 Å². The summed E-state index contributed by atoms with van der Waals surface area (Å²) in [6, 6.07) is 10.5. The van der Waals surface area contributed by atoms with Gasteiger partial charge in [-0.2, -0.15) is 0 Å². The average molecular weight is 463 g/mol. The lowest BCUT2D eigenvalue weighted by molar-refractivity contribution is 0.0949. The topological polar surface area (TPSA) is 68.4 Å². The molecule has 2 fully saturated rings. The quantitative estimate of drug-likeness (QED) is 0.702. The number of pyridine rings is 1. The Morgan fingerprint density at radius 2 is 2.00 bits per heavy atom. The molecule has 1 aromatic carbocycles. The van der Waals surface area contributed by atoms with Crippen molar-refractivity contribution in [3.05, 3.63) is 63.1 Å². The van der Waals surface area contributed by atoms with Crippen molar-refractivity contribution >= 4 is 11.6 Å². The number of fused-ring (bicyclic) bond motifs is 3. The zero-order valence-corrected chi connectivity index (χ0v) is 21.0. The lowest BCUT2D eigenvalue weighted by Gasteiger charge is -2.39. The minimum absolute atomic E-state index is 0.176. The van der Waals surface area contributed by atoms with Crippen molar-refractivity contribution in [2.45, 2.75) is 72.0 Å². The lowest BCUT2D eigenvalue weighted by atomic mass is 9.65. The van der Waals surface area contributed by atoms with Crippen LogP contribution >= 0.6 is 0 Å². The summed E-state index contributed by atoms with van der Waals surface area (Å²) in [5.74, 6) is -0.325. The first-order valence-electron chi connectivity index (χ1n) is 12.7. The standard InChI is InChI=1S/C28H38N4O2/c1-27(2)13-22-14-28(3,17-27)18-32(22)16-21-8-9-23(26(34)30-21)25(33)29-15-19-7-10-24-20(12-19)6-5-11-31(24)4/h7-10,12,22H,5-6,11,13-18H2,1-4H3,(H,29,33)(H,30,34). The van der Waals surface area contributed by atoms with Crippen molar-refractivity contribution in [3.63, 3.8) is 0 Å². The van der Waals surface area contributed by atoms with Gasteiger partial charge in [0.05, 0.1) is 0 Å². The van der Waals surface area contributed by atoms with E-state index in [2.05, 4.69) is 66.1 Å². The SMILES string of the molecule is CN1CCCc2cc(CNC(=O)c3ccc(CN4CC5(C)CC4CC(C)(C)C5)[nH]c3=O)ccc21. The highest BCUT2D eigenvalue weighted by molar-refractivity contribution is 5.93. The highest BCUT2D eigenvalue weighted by Crippen LogP contribution is 2.52. The number of amides is 1. The Morgan fingerprint density at radius 1 is 1.18 bits per heavy atom. The predicted molar refractivity (Wildman–Crippen MR) is 136 cm³/mol. The van der Waals surface area contributed by atoms with Gasteiger partial charge in [0.1, 0.15) is 5.56 Å². The van der Waals surface area contributed by atoms with Crippen molar-refractivity contribution in [1.29, 1.82) is 0 Å². The Labute approximate surface area is 202 Å². The molecule has 34 heavy (non-hydrogen) atoms. The van der Waals surface area contributed by atoms with Gasteiger partial charge in [-0.05, 0) is 72.3 Å². The second-order valence-electron chi connectivity index (χ2n) is 12.0. The summed E-state index contributed by atoms with van der Waals surface area (Å²) in [6.07, 6.45) is 5.91. The van der Waals surface area contributed by atoms with Gasteiger partial charge in [-0.15, -0.1) is 0 Å². The van der Waals surface area contributed by atoms with Gasteiger partial charge in [0.2, 0.25) is 0 Å². The summed E-state index contributed by atoms with van der Waals surface area (Å²) in [6.45, 7) is 10.5. The summed E-state index contributed by atoms with van der Waals surface area (Å²) in [7, 11) is 2.12. The molecule has 5 rings (SSSR count). The van der Waals surface area contributed by atoms with Crippen molar-refractivity contribution in [2.24, 2.45) is 10.8 Å². The van der Waals surface area contributed by atoms with E-state index in [9.17, 15) is 9.59 Å². The van der Waals surface area contributed by atoms with E-state index < -0.39 is 0 Å². The smallest absolute Gasteiger partial charge is 0.261 e. The molecule has 3 heterocycles. The molecule has 6 heteroatoms. The first-order valence-corrected chi connectivity index (χ1v) is 12.7. The van der Waals surface area contributed by atoms with E-state index in [1.807, 2.05) is 6.07 Å². The molecule has 2 aromatic rings. The fraction of sp³-hybridized carbons (Fsp3) is 0.571. The maximum absolute atomic E-state index is 12.7. The minimum Gasteiger partial charge on any atom is -0.374 e. The number of aryl methyl sites for hydroxylation is 1. The number of benzene rings is 1. The Balaban J connectivity index is 1.22. The highest BCUT2D eigenvalue weighted by atomic mass is 16.2. The number of nitrogens with one attached hydrogen (secondary N) is 2. The largest absolute Gasteiger partial charge is 0.374 e. The van der Waals surface area contributed by atoms with Crippen molar-refractivity contribution < 1.29 is 4.79 Å². The molecular formula is C28H38N4O2. The minimum atomic E-state index is -0.325. The molecule has 6 nitrogen and oxygen atoms in total. The summed E-state index contributed by atoms with van der Waals surface area (Å²) >= 11 is 0. The van der Waals surface area contributed by atoms with Crippen LogP contribution < -0.4 is 15.8 Å². The number of rotatable bonds is 5. The number of H-pyrrole nitrogens is 1. The second-order valence-corrected chi connectivity index (χ2v) is 12.0. The van der Waals surface area contributed by atoms with E-state index >= 15 is 0 Å². The van der Waals surface area contributed by atoms with Gasteiger partial charge < -0.3 is 15.2 Å². The van der Waals surface area contributed by atoms with E-state index in [4.69, 9.17) is 0 Å². The molecule has 2 atom stereocenters. The number of aromatic amines is 1. The number of aromatic nitrogens is 1. The monoisotopic (exact) mass is 462 g/mol. The average Bonchev–Trinajstić information content (AvgIpc) is 2.99. The van der Waals surface area contributed by atoms with Crippen LogP contribution in [0.5, 0.6) is 0 Å². The molecule has 1 aliphatic carbocycles. The molecule has 2 unspecified atom stereocenters. The fourth-order valence-electron chi connectivity index (χ4n) is 6.99. The first-order chi connectivity index (χ1) is 16.1. The first kappa shape index (κ1) is 23.2. The molecular weight excluding hydrogens is 424 g/mol. The number of carbonyl (C=O) groups excluding carboxylic acids is 1. The molecule has 0 spiro atoms. The summed E-state index contributed by atoms with van der Waals surface area (Å²) < 4.78 is 0. The molecule has 1 aromatic heterocycles. The van der Waals surface area contributed by atoms with Crippen LogP contribution in [0.25, 0.3) is 0 Å². The molecule has 1 amide bonds. The molecule has 3 aliphatic rings. The van der Waals surface area contributed by atoms with Crippen LogP contribution in [0.1, 0.15) is 73.6 Å². The predicted octanol–water partition coefficient (Wildman–Crippen LogP) is 4.09. The van der Waals surface area contributed by atoms with Crippen molar-refractivity contribution in [3.8, 4) is 0 Å². The molecule has 2 N–H and O–H groups in total. The second kappa shape index (κ2) is 8.56. The Morgan fingerprint density at radius 3 is 2.79 bits per heavy atom. The maximum atomic E-state index is 12.7. The third kappa shape index (κ3) is 4.65.